The third-order valence-corrected chi connectivity index (χ3v) is 9.07. The van der Waals surface area contributed by atoms with Gasteiger partial charge in [-0.1, -0.05) is 116 Å². The molecule has 0 aromatic carbocycles. The molecule has 196 valence electrons. The fourth-order valence-electron chi connectivity index (χ4n) is 5.05. The zero-order valence-corrected chi connectivity index (χ0v) is 24.1. The second kappa shape index (κ2) is 20.9. The molecule has 0 aliphatic carbocycles. The van der Waals surface area contributed by atoms with Crippen LogP contribution in [0.25, 0.3) is 0 Å². The maximum absolute atomic E-state index is 12.1. The van der Waals surface area contributed by atoms with E-state index in [0.717, 1.165) is 25.7 Å². The molecule has 0 radical (unpaired) electrons. The Balaban J connectivity index is 3.55. The molecule has 0 bridgehead atoms. The van der Waals surface area contributed by atoms with Gasteiger partial charge in [0.1, 0.15) is 0 Å². The van der Waals surface area contributed by atoms with Crippen LogP contribution in [0.2, 0.25) is 0 Å². The summed E-state index contributed by atoms with van der Waals surface area (Å²) in [4.78, 5) is 0. The van der Waals surface area contributed by atoms with Crippen molar-refractivity contribution in [2.45, 2.75) is 154 Å². The monoisotopic (exact) mass is 484 g/mol. The predicted octanol–water partition coefficient (Wildman–Crippen LogP) is 10.3. The maximum Gasteiger partial charge on any atom is 0.378 e. The number of hydrogen-bond donors (Lipinski definition) is 0. The smallest absolute Gasteiger partial charge is 0.314 e. The zero-order valence-electron chi connectivity index (χ0n) is 23.2. The summed E-state index contributed by atoms with van der Waals surface area (Å²) in [7, 11) is 3.69. The summed E-state index contributed by atoms with van der Waals surface area (Å²) in [5.74, 6) is 0. The van der Waals surface area contributed by atoms with Gasteiger partial charge in [0, 0.05) is 12.8 Å². The minimum Gasteiger partial charge on any atom is -0.314 e. The fourth-order valence-corrected chi connectivity index (χ4v) is 6.29. The molecule has 1 unspecified atom stereocenters. The van der Waals surface area contributed by atoms with Crippen LogP contribution in [0.3, 0.4) is 0 Å². The summed E-state index contributed by atoms with van der Waals surface area (Å²) in [5.41, 5.74) is 0. The lowest BCUT2D eigenvalue weighted by Gasteiger charge is -2.41. The van der Waals surface area contributed by atoms with Gasteiger partial charge in [-0.05, 0) is 32.1 Å². The van der Waals surface area contributed by atoms with Crippen molar-refractivity contribution < 1.29 is 13.6 Å². The largest absolute Gasteiger partial charge is 0.378 e. The Kier molecular flexibility index (Phi) is 20.7. The second-order valence-electron chi connectivity index (χ2n) is 11.1. The molecule has 0 aromatic heterocycles. The summed E-state index contributed by atoms with van der Waals surface area (Å²) in [6.07, 6.45) is 31.2. The lowest BCUT2D eigenvalue weighted by Crippen LogP contribution is -2.53. The third-order valence-electron chi connectivity index (χ3n) is 7.34. The highest BCUT2D eigenvalue weighted by atomic mass is 31.1. The van der Waals surface area contributed by atoms with E-state index in [-0.39, 0.29) is 0 Å². The van der Waals surface area contributed by atoms with Crippen LogP contribution in [0.15, 0.2) is 12.2 Å². The van der Waals surface area contributed by atoms with Crippen molar-refractivity contribution in [3.8, 4) is 0 Å². The molecule has 4 heteroatoms. The van der Waals surface area contributed by atoms with Crippen LogP contribution in [0.1, 0.15) is 149 Å². The van der Waals surface area contributed by atoms with Gasteiger partial charge < -0.3 is 4.48 Å². The Morgan fingerprint density at radius 2 is 0.970 bits per heavy atom. The van der Waals surface area contributed by atoms with Gasteiger partial charge >= 0.3 is 7.68 Å². The molecule has 0 heterocycles. The summed E-state index contributed by atoms with van der Waals surface area (Å²) in [6, 6.07) is 0. The first kappa shape index (κ1) is 32.6. The molecule has 1 atom stereocenters. The van der Waals surface area contributed by atoms with Crippen LogP contribution < -0.4 is 0 Å². The third kappa shape index (κ3) is 16.0. The number of nitrogens with zero attached hydrogens (tertiary/aromatic N) is 1. The molecule has 0 rings (SSSR count). The van der Waals surface area contributed by atoms with E-state index < -0.39 is 13.0 Å². The maximum atomic E-state index is 12.1. The van der Waals surface area contributed by atoms with Gasteiger partial charge in [0.2, 0.25) is 5.28 Å². The highest BCUT2D eigenvalue weighted by molar-refractivity contribution is 7.32. The molecule has 3 nitrogen and oxygen atoms in total. The molecule has 0 fully saturated rings. The van der Waals surface area contributed by atoms with Crippen molar-refractivity contribution in [1.29, 1.82) is 0 Å². The molecule has 0 spiro atoms. The van der Waals surface area contributed by atoms with Crippen LogP contribution >= 0.6 is 7.68 Å². The molecule has 0 aliphatic rings. The van der Waals surface area contributed by atoms with E-state index in [4.69, 9.17) is 0 Å². The number of unbranched alkanes of at least 4 members (excludes halogenated alkanes) is 16. The average molecular weight is 485 g/mol. The molecule has 0 aromatic rings. The molecule has 0 aliphatic heterocycles. The van der Waals surface area contributed by atoms with Gasteiger partial charge in [0.25, 0.3) is 0 Å². The molecule has 0 amide bonds. The summed E-state index contributed by atoms with van der Waals surface area (Å²) >= 11 is 0. The number of hydrogen-bond acceptors (Lipinski definition) is 2. The van der Waals surface area contributed by atoms with E-state index >= 15 is 0 Å². The SMILES string of the molecule is CCC=CCCCCCCCCCCCCCCCCCCC(CCC)(P(=O)=O)[N+](C)(C)C. The second-order valence-corrected chi connectivity index (χ2v) is 12.4. The predicted molar refractivity (Wildman–Crippen MR) is 147 cm³/mol. The molecule has 33 heavy (non-hydrogen) atoms. The van der Waals surface area contributed by atoms with Crippen LogP contribution in [0, 0.1) is 0 Å². The molecular weight excluding hydrogens is 425 g/mol. The van der Waals surface area contributed by atoms with Gasteiger partial charge in [-0.2, -0.15) is 0 Å². The first-order chi connectivity index (χ1) is 15.8. The van der Waals surface area contributed by atoms with E-state index in [9.17, 15) is 9.13 Å². The first-order valence-electron chi connectivity index (χ1n) is 14.4. The Morgan fingerprint density at radius 1 is 0.576 bits per heavy atom. The van der Waals surface area contributed by atoms with Gasteiger partial charge in [-0.3, -0.25) is 0 Å². The van der Waals surface area contributed by atoms with E-state index in [1.54, 1.807) is 0 Å². The summed E-state index contributed by atoms with van der Waals surface area (Å²) in [6.45, 7) is 4.30. The van der Waals surface area contributed by atoms with Crippen molar-refractivity contribution >= 4 is 7.68 Å². The normalized spacial score (nSPS) is 14.1. The van der Waals surface area contributed by atoms with Gasteiger partial charge in [0.05, 0.1) is 21.1 Å². The molecular formula is C29H59NO2P+. The minimum atomic E-state index is -2.42. The standard InChI is InChI=1S/C29H59NO2P/c1-6-8-9-10-11-12-13-14-15-16-17-18-19-20-21-22-23-24-25-26-28-29(27-7-2,33(31)32)30(3,4)5/h8-9H,6-7,10-28H2,1-5H3/q+1. The van der Waals surface area contributed by atoms with E-state index in [0.29, 0.717) is 4.48 Å². The lowest BCUT2D eigenvalue weighted by molar-refractivity contribution is -0.908. The fraction of sp³-hybridized carbons (Fsp3) is 0.931. The van der Waals surface area contributed by atoms with E-state index in [2.05, 4.69) is 26.0 Å². The van der Waals surface area contributed by atoms with Crippen LogP contribution in [-0.4, -0.2) is 30.9 Å². The highest BCUT2D eigenvalue weighted by Gasteiger charge is 2.47. The van der Waals surface area contributed by atoms with Crippen LogP contribution in [0.4, 0.5) is 0 Å². The minimum absolute atomic E-state index is 0.524. The Morgan fingerprint density at radius 3 is 1.30 bits per heavy atom. The van der Waals surface area contributed by atoms with Crippen molar-refractivity contribution in [2.75, 3.05) is 21.1 Å². The van der Waals surface area contributed by atoms with Crippen LogP contribution in [-0.2, 0) is 9.13 Å². The first-order valence-corrected chi connectivity index (χ1v) is 15.6. The topological polar surface area (TPSA) is 34.1 Å². The summed E-state index contributed by atoms with van der Waals surface area (Å²) in [5, 5.41) is -0.587. The molecule has 0 saturated heterocycles. The van der Waals surface area contributed by atoms with Crippen LogP contribution in [0.5, 0.6) is 0 Å². The van der Waals surface area contributed by atoms with Crippen molar-refractivity contribution in [1.82, 2.24) is 0 Å². The van der Waals surface area contributed by atoms with E-state index in [1.807, 2.05) is 21.1 Å². The number of allylic oxidation sites excluding steroid dienone is 2. The highest BCUT2D eigenvalue weighted by Crippen LogP contribution is 2.44. The lowest BCUT2D eigenvalue weighted by atomic mass is 9.99. The molecule has 0 saturated carbocycles. The molecule has 0 N–H and O–H groups in total. The average Bonchev–Trinajstić information content (AvgIpc) is 2.76. The zero-order chi connectivity index (χ0) is 24.8. The van der Waals surface area contributed by atoms with Crippen molar-refractivity contribution in [2.24, 2.45) is 0 Å². The van der Waals surface area contributed by atoms with Crippen molar-refractivity contribution in [3.63, 3.8) is 0 Å². The number of rotatable bonds is 24. The van der Waals surface area contributed by atoms with Crippen molar-refractivity contribution in [3.05, 3.63) is 12.2 Å². The van der Waals surface area contributed by atoms with Gasteiger partial charge in [-0.15, -0.1) is 0 Å². The Labute approximate surface area is 208 Å². The Hall–Kier alpha value is -0.400. The van der Waals surface area contributed by atoms with Gasteiger partial charge in [0.15, 0.2) is 0 Å². The summed E-state index contributed by atoms with van der Waals surface area (Å²) < 4.78 is 24.7. The van der Waals surface area contributed by atoms with E-state index in [1.165, 1.54) is 109 Å². The number of quaternary nitrogens is 1. The quantitative estimate of drug-likeness (QED) is 0.0591. The Bertz CT molecular complexity index is 528. The van der Waals surface area contributed by atoms with Gasteiger partial charge in [-0.25, -0.2) is 9.13 Å².